The highest BCUT2D eigenvalue weighted by atomic mass is 16.5. The lowest BCUT2D eigenvalue weighted by molar-refractivity contribution is 0.0525. The van der Waals surface area contributed by atoms with Crippen LogP contribution in [0.1, 0.15) is 48.8 Å². The minimum atomic E-state index is -0.249. The van der Waals surface area contributed by atoms with Gasteiger partial charge in [0.2, 0.25) is 0 Å². The standard InChI is InChI=1S/C11H16N2O2/c1-3-10-9(11(14)15-4-2)7-12-13(10)8-5-6-8/h7-8H,3-6H2,1-2H3. The Hall–Kier alpha value is -1.32. The molecule has 0 unspecified atom stereocenters. The molecule has 4 heteroatoms. The minimum absolute atomic E-state index is 0.249. The van der Waals surface area contributed by atoms with Crippen LogP contribution in [0.2, 0.25) is 0 Å². The van der Waals surface area contributed by atoms with Crippen LogP contribution < -0.4 is 0 Å². The van der Waals surface area contributed by atoms with Gasteiger partial charge in [-0.1, -0.05) is 6.92 Å². The van der Waals surface area contributed by atoms with E-state index in [1.807, 2.05) is 18.5 Å². The molecule has 0 aliphatic heterocycles. The first-order chi connectivity index (χ1) is 7.27. The number of ether oxygens (including phenoxy) is 1. The molecular formula is C11H16N2O2. The molecule has 1 aliphatic carbocycles. The lowest BCUT2D eigenvalue weighted by atomic mass is 10.2. The van der Waals surface area contributed by atoms with Crippen molar-refractivity contribution in [2.75, 3.05) is 6.61 Å². The van der Waals surface area contributed by atoms with E-state index in [1.54, 1.807) is 6.20 Å². The number of carbonyl (C=O) groups is 1. The maximum absolute atomic E-state index is 11.6. The highest BCUT2D eigenvalue weighted by Crippen LogP contribution is 2.36. The van der Waals surface area contributed by atoms with Gasteiger partial charge in [0.05, 0.1) is 24.5 Å². The van der Waals surface area contributed by atoms with Gasteiger partial charge in [-0.3, -0.25) is 4.68 Å². The summed E-state index contributed by atoms with van der Waals surface area (Å²) in [5.41, 5.74) is 1.64. The molecule has 1 aliphatic rings. The zero-order valence-electron chi connectivity index (χ0n) is 9.19. The highest BCUT2D eigenvalue weighted by molar-refractivity contribution is 5.90. The average molecular weight is 208 g/mol. The zero-order chi connectivity index (χ0) is 10.8. The smallest absolute Gasteiger partial charge is 0.341 e. The fraction of sp³-hybridized carbons (Fsp3) is 0.636. The minimum Gasteiger partial charge on any atom is -0.462 e. The molecule has 1 saturated carbocycles. The fourth-order valence-corrected chi connectivity index (χ4v) is 1.75. The molecule has 0 aromatic carbocycles. The van der Waals surface area contributed by atoms with Gasteiger partial charge in [0.25, 0.3) is 0 Å². The Kier molecular flexibility index (Phi) is 2.75. The zero-order valence-corrected chi connectivity index (χ0v) is 9.19. The van der Waals surface area contributed by atoms with E-state index in [1.165, 1.54) is 12.8 Å². The summed E-state index contributed by atoms with van der Waals surface area (Å²) in [5, 5.41) is 4.27. The Morgan fingerprint density at radius 1 is 1.60 bits per heavy atom. The number of nitrogens with zero attached hydrogens (tertiary/aromatic N) is 2. The van der Waals surface area contributed by atoms with E-state index in [4.69, 9.17) is 4.74 Å². The van der Waals surface area contributed by atoms with E-state index in [2.05, 4.69) is 5.10 Å². The van der Waals surface area contributed by atoms with Gasteiger partial charge in [0.15, 0.2) is 0 Å². The number of aromatic nitrogens is 2. The molecule has 1 aromatic heterocycles. The van der Waals surface area contributed by atoms with Crippen LogP contribution in [0.15, 0.2) is 6.20 Å². The molecule has 2 rings (SSSR count). The Morgan fingerprint density at radius 2 is 2.33 bits per heavy atom. The summed E-state index contributed by atoms with van der Waals surface area (Å²) < 4.78 is 6.97. The first-order valence-corrected chi connectivity index (χ1v) is 5.51. The molecule has 1 fully saturated rings. The molecule has 0 saturated heterocycles. The van der Waals surface area contributed by atoms with Crippen LogP contribution >= 0.6 is 0 Å². The second-order valence-corrected chi connectivity index (χ2v) is 3.75. The van der Waals surface area contributed by atoms with Crippen molar-refractivity contribution >= 4 is 5.97 Å². The van der Waals surface area contributed by atoms with Crippen LogP contribution in [-0.2, 0) is 11.2 Å². The summed E-state index contributed by atoms with van der Waals surface area (Å²) in [7, 11) is 0. The largest absolute Gasteiger partial charge is 0.462 e. The molecule has 0 N–H and O–H groups in total. The van der Waals surface area contributed by atoms with E-state index in [9.17, 15) is 4.79 Å². The van der Waals surface area contributed by atoms with E-state index < -0.39 is 0 Å². The monoisotopic (exact) mass is 208 g/mol. The van der Waals surface area contributed by atoms with Crippen LogP contribution in [0.3, 0.4) is 0 Å². The molecule has 4 nitrogen and oxygen atoms in total. The summed E-state index contributed by atoms with van der Waals surface area (Å²) in [6.07, 6.45) is 4.81. The van der Waals surface area contributed by atoms with Crippen LogP contribution in [0.4, 0.5) is 0 Å². The maximum atomic E-state index is 11.6. The highest BCUT2D eigenvalue weighted by Gasteiger charge is 2.28. The second kappa shape index (κ2) is 4.04. The third kappa shape index (κ3) is 1.89. The quantitative estimate of drug-likeness (QED) is 0.710. The molecule has 0 atom stereocenters. The van der Waals surface area contributed by atoms with Crippen LogP contribution in [0.5, 0.6) is 0 Å². The predicted octanol–water partition coefficient (Wildman–Crippen LogP) is 1.96. The van der Waals surface area contributed by atoms with E-state index in [0.29, 0.717) is 18.2 Å². The van der Waals surface area contributed by atoms with Gasteiger partial charge in [-0.05, 0) is 26.2 Å². The van der Waals surface area contributed by atoms with Crippen molar-refractivity contribution in [1.29, 1.82) is 0 Å². The van der Waals surface area contributed by atoms with Crippen molar-refractivity contribution < 1.29 is 9.53 Å². The van der Waals surface area contributed by atoms with E-state index >= 15 is 0 Å². The summed E-state index contributed by atoms with van der Waals surface area (Å²) in [5.74, 6) is -0.249. The van der Waals surface area contributed by atoms with Crippen molar-refractivity contribution in [2.24, 2.45) is 0 Å². The molecule has 1 heterocycles. The summed E-state index contributed by atoms with van der Waals surface area (Å²) in [6.45, 7) is 4.27. The van der Waals surface area contributed by atoms with Gasteiger partial charge >= 0.3 is 5.97 Å². The fourth-order valence-electron chi connectivity index (χ4n) is 1.75. The van der Waals surface area contributed by atoms with Crippen molar-refractivity contribution in [3.05, 3.63) is 17.5 Å². The van der Waals surface area contributed by atoms with Crippen LogP contribution in [0.25, 0.3) is 0 Å². The first kappa shape index (κ1) is 10.2. The van der Waals surface area contributed by atoms with E-state index in [0.717, 1.165) is 12.1 Å². The number of hydrogen-bond donors (Lipinski definition) is 0. The molecule has 1 aromatic rings. The summed E-state index contributed by atoms with van der Waals surface area (Å²) >= 11 is 0. The number of carbonyl (C=O) groups excluding carboxylic acids is 1. The number of rotatable bonds is 4. The van der Waals surface area contributed by atoms with Gasteiger partial charge in [0, 0.05) is 0 Å². The van der Waals surface area contributed by atoms with Gasteiger partial charge in [0.1, 0.15) is 5.56 Å². The molecule has 0 bridgehead atoms. The molecule has 15 heavy (non-hydrogen) atoms. The Bertz CT molecular complexity index is 367. The van der Waals surface area contributed by atoms with Crippen LogP contribution in [-0.4, -0.2) is 22.4 Å². The Labute approximate surface area is 89.2 Å². The molecule has 0 spiro atoms. The third-order valence-corrected chi connectivity index (χ3v) is 2.62. The third-order valence-electron chi connectivity index (χ3n) is 2.62. The SMILES string of the molecule is CCOC(=O)c1cnn(C2CC2)c1CC. The van der Waals surface area contributed by atoms with Gasteiger partial charge in [-0.2, -0.15) is 5.10 Å². The molecular weight excluding hydrogens is 192 g/mol. The summed E-state index contributed by atoms with van der Waals surface area (Å²) in [4.78, 5) is 11.6. The lowest BCUT2D eigenvalue weighted by Gasteiger charge is -2.05. The Morgan fingerprint density at radius 3 is 2.87 bits per heavy atom. The molecule has 0 amide bonds. The van der Waals surface area contributed by atoms with Gasteiger partial charge in [-0.15, -0.1) is 0 Å². The van der Waals surface area contributed by atoms with Gasteiger partial charge in [-0.25, -0.2) is 4.79 Å². The normalized spacial score (nSPS) is 15.3. The van der Waals surface area contributed by atoms with E-state index in [-0.39, 0.29) is 5.97 Å². The van der Waals surface area contributed by atoms with Crippen LogP contribution in [0, 0.1) is 0 Å². The molecule has 0 radical (unpaired) electrons. The second-order valence-electron chi connectivity index (χ2n) is 3.75. The van der Waals surface area contributed by atoms with Crippen molar-refractivity contribution in [3.8, 4) is 0 Å². The topological polar surface area (TPSA) is 44.1 Å². The van der Waals surface area contributed by atoms with Gasteiger partial charge < -0.3 is 4.74 Å². The number of hydrogen-bond acceptors (Lipinski definition) is 3. The average Bonchev–Trinajstić information content (AvgIpc) is 2.97. The van der Waals surface area contributed by atoms with Crippen molar-refractivity contribution in [3.63, 3.8) is 0 Å². The summed E-state index contributed by atoms with van der Waals surface area (Å²) in [6, 6.07) is 0.517. The number of esters is 1. The lowest BCUT2D eigenvalue weighted by Crippen LogP contribution is -2.09. The molecule has 82 valence electrons. The first-order valence-electron chi connectivity index (χ1n) is 5.51. The maximum Gasteiger partial charge on any atom is 0.341 e. The van der Waals surface area contributed by atoms with Crippen molar-refractivity contribution in [1.82, 2.24) is 9.78 Å². The predicted molar refractivity (Wildman–Crippen MR) is 55.8 cm³/mol. The van der Waals surface area contributed by atoms with Crippen molar-refractivity contribution in [2.45, 2.75) is 39.2 Å². The Balaban J connectivity index is 2.26.